The normalized spacial score (nSPS) is 13.0. The van der Waals surface area contributed by atoms with E-state index in [2.05, 4.69) is 5.32 Å². The fraction of sp³-hybridized carbons (Fsp3) is 0.857. The van der Waals surface area contributed by atoms with Gasteiger partial charge < -0.3 is 20.9 Å². The molecule has 1 amide bonds. The van der Waals surface area contributed by atoms with Crippen LogP contribution in [0.4, 0.5) is 0 Å². The van der Waals surface area contributed by atoms with Crippen LogP contribution >= 0.6 is 0 Å². The summed E-state index contributed by atoms with van der Waals surface area (Å²) in [6.07, 6.45) is 2.68. The first-order valence-corrected chi connectivity index (χ1v) is 7.18. The second-order valence-corrected chi connectivity index (χ2v) is 5.44. The predicted octanol–water partition coefficient (Wildman–Crippen LogP) is 1.28. The van der Waals surface area contributed by atoms with E-state index in [1.807, 2.05) is 20.8 Å². The van der Waals surface area contributed by atoms with Crippen molar-refractivity contribution >= 4 is 11.9 Å². The lowest BCUT2D eigenvalue weighted by Gasteiger charge is -2.24. The first-order chi connectivity index (χ1) is 9.32. The quantitative estimate of drug-likeness (QED) is 0.497. The Kier molecular flexibility index (Phi) is 9.16. The maximum absolute atomic E-state index is 11.8. The van der Waals surface area contributed by atoms with Gasteiger partial charge in [0.1, 0.15) is 6.04 Å². The van der Waals surface area contributed by atoms with Gasteiger partial charge in [-0.3, -0.25) is 4.79 Å². The predicted molar refractivity (Wildman–Crippen MR) is 77.4 cm³/mol. The third-order valence-corrected chi connectivity index (χ3v) is 3.07. The van der Waals surface area contributed by atoms with Gasteiger partial charge in [0.15, 0.2) is 0 Å². The van der Waals surface area contributed by atoms with Gasteiger partial charge in [0, 0.05) is 13.0 Å². The Morgan fingerprint density at radius 1 is 1.35 bits per heavy atom. The summed E-state index contributed by atoms with van der Waals surface area (Å²) in [4.78, 5) is 22.8. The van der Waals surface area contributed by atoms with Crippen LogP contribution < -0.4 is 11.1 Å². The monoisotopic (exact) mass is 288 g/mol. The molecule has 4 N–H and O–H groups in total. The van der Waals surface area contributed by atoms with Crippen molar-refractivity contribution in [3.8, 4) is 0 Å². The largest absolute Gasteiger partial charge is 0.480 e. The van der Waals surface area contributed by atoms with E-state index in [4.69, 9.17) is 15.6 Å². The third kappa shape index (κ3) is 8.87. The zero-order chi connectivity index (χ0) is 15.6. The summed E-state index contributed by atoms with van der Waals surface area (Å²) in [6.45, 7) is 6.85. The molecule has 1 atom stereocenters. The summed E-state index contributed by atoms with van der Waals surface area (Å²) in [5, 5.41) is 11.6. The maximum atomic E-state index is 11.8. The van der Waals surface area contributed by atoms with Gasteiger partial charge in [-0.2, -0.15) is 0 Å². The van der Waals surface area contributed by atoms with Crippen LogP contribution in [0.15, 0.2) is 0 Å². The number of ether oxygens (including phenoxy) is 1. The highest BCUT2D eigenvalue weighted by atomic mass is 16.5. The van der Waals surface area contributed by atoms with E-state index in [1.54, 1.807) is 0 Å². The van der Waals surface area contributed by atoms with Gasteiger partial charge in [0.2, 0.25) is 5.91 Å². The molecule has 0 saturated carbocycles. The van der Waals surface area contributed by atoms with Crippen molar-refractivity contribution in [1.29, 1.82) is 0 Å². The molecule has 118 valence electrons. The van der Waals surface area contributed by atoms with Gasteiger partial charge in [-0.25, -0.2) is 4.79 Å². The van der Waals surface area contributed by atoms with Crippen molar-refractivity contribution < 1.29 is 19.4 Å². The van der Waals surface area contributed by atoms with Crippen molar-refractivity contribution in [3.05, 3.63) is 0 Å². The number of unbranched alkanes of at least 4 members (excludes halogenated alkanes) is 1. The number of hydrogen-bond acceptors (Lipinski definition) is 4. The molecule has 0 bridgehead atoms. The SMILES string of the molecule is CCOC(C)(C)CCC(=O)N[C@@H](CCCCN)C(=O)O. The Labute approximate surface area is 121 Å². The van der Waals surface area contributed by atoms with E-state index in [0.29, 0.717) is 32.4 Å². The van der Waals surface area contributed by atoms with Crippen LogP contribution in [0.2, 0.25) is 0 Å². The second kappa shape index (κ2) is 9.72. The maximum Gasteiger partial charge on any atom is 0.326 e. The molecule has 6 nitrogen and oxygen atoms in total. The van der Waals surface area contributed by atoms with Crippen LogP contribution in [0.1, 0.15) is 52.9 Å². The minimum absolute atomic E-state index is 0.252. The van der Waals surface area contributed by atoms with Crippen LogP contribution in [0.25, 0.3) is 0 Å². The molecule has 0 aromatic rings. The minimum atomic E-state index is -1.00. The summed E-state index contributed by atoms with van der Waals surface area (Å²) < 4.78 is 5.50. The number of carboxylic acids is 1. The molecule has 0 aliphatic rings. The first-order valence-electron chi connectivity index (χ1n) is 7.18. The third-order valence-electron chi connectivity index (χ3n) is 3.07. The summed E-state index contributed by atoms with van der Waals surface area (Å²) in [5.41, 5.74) is 5.00. The minimum Gasteiger partial charge on any atom is -0.480 e. The summed E-state index contributed by atoms with van der Waals surface area (Å²) in [6, 6.07) is -0.829. The molecule has 0 unspecified atom stereocenters. The molecule has 0 fully saturated rings. The zero-order valence-corrected chi connectivity index (χ0v) is 12.8. The first kappa shape index (κ1) is 18.9. The summed E-state index contributed by atoms with van der Waals surface area (Å²) in [7, 11) is 0. The number of amides is 1. The van der Waals surface area contributed by atoms with Gasteiger partial charge in [0.05, 0.1) is 5.60 Å². The molecular weight excluding hydrogens is 260 g/mol. The molecule has 0 heterocycles. The van der Waals surface area contributed by atoms with Crippen LogP contribution in [0.3, 0.4) is 0 Å². The Morgan fingerprint density at radius 2 is 2.00 bits per heavy atom. The molecule has 6 heteroatoms. The van der Waals surface area contributed by atoms with E-state index in [0.717, 1.165) is 6.42 Å². The molecule has 0 spiro atoms. The van der Waals surface area contributed by atoms with Gasteiger partial charge in [0.25, 0.3) is 0 Å². The molecular formula is C14H28N2O4. The highest BCUT2D eigenvalue weighted by Crippen LogP contribution is 2.16. The standard InChI is InChI=1S/C14H28N2O4/c1-4-20-14(2,3)9-8-12(17)16-11(13(18)19)7-5-6-10-15/h11H,4-10,15H2,1-3H3,(H,16,17)(H,18,19)/t11-/m0/s1. The van der Waals surface area contributed by atoms with Crippen LogP contribution in [0, 0.1) is 0 Å². The van der Waals surface area contributed by atoms with Crippen molar-refractivity contribution in [2.75, 3.05) is 13.2 Å². The van der Waals surface area contributed by atoms with E-state index >= 15 is 0 Å². The average Bonchev–Trinajstić information content (AvgIpc) is 2.35. The highest BCUT2D eigenvalue weighted by molar-refractivity contribution is 5.83. The average molecular weight is 288 g/mol. The lowest BCUT2D eigenvalue weighted by Crippen LogP contribution is -2.41. The Balaban J connectivity index is 4.16. The van der Waals surface area contributed by atoms with E-state index in [1.165, 1.54) is 0 Å². The van der Waals surface area contributed by atoms with Gasteiger partial charge in [-0.05, 0) is 53.0 Å². The van der Waals surface area contributed by atoms with Gasteiger partial charge in [-0.15, -0.1) is 0 Å². The smallest absolute Gasteiger partial charge is 0.326 e. The molecule has 20 heavy (non-hydrogen) atoms. The van der Waals surface area contributed by atoms with Crippen molar-refractivity contribution in [3.63, 3.8) is 0 Å². The number of rotatable bonds is 11. The Morgan fingerprint density at radius 3 is 2.50 bits per heavy atom. The molecule has 0 aromatic heterocycles. The van der Waals surface area contributed by atoms with E-state index in [-0.39, 0.29) is 17.9 Å². The van der Waals surface area contributed by atoms with Crippen molar-refractivity contribution in [2.24, 2.45) is 5.73 Å². The molecule has 0 radical (unpaired) electrons. The van der Waals surface area contributed by atoms with Gasteiger partial charge >= 0.3 is 5.97 Å². The lowest BCUT2D eigenvalue weighted by molar-refractivity contribution is -0.142. The molecule has 0 aliphatic carbocycles. The number of aliphatic carboxylic acids is 1. The number of nitrogens with two attached hydrogens (primary N) is 1. The molecule has 0 aliphatic heterocycles. The van der Waals surface area contributed by atoms with E-state index < -0.39 is 12.0 Å². The van der Waals surface area contributed by atoms with Crippen LogP contribution in [-0.4, -0.2) is 41.8 Å². The molecule has 0 saturated heterocycles. The van der Waals surface area contributed by atoms with Gasteiger partial charge in [-0.1, -0.05) is 0 Å². The lowest BCUT2D eigenvalue weighted by atomic mass is 10.0. The number of carbonyl (C=O) groups excluding carboxylic acids is 1. The second-order valence-electron chi connectivity index (χ2n) is 5.44. The Bertz CT molecular complexity index is 306. The summed E-state index contributed by atoms with van der Waals surface area (Å²) >= 11 is 0. The number of hydrogen-bond donors (Lipinski definition) is 3. The van der Waals surface area contributed by atoms with Crippen LogP contribution in [0.5, 0.6) is 0 Å². The summed E-state index contributed by atoms with van der Waals surface area (Å²) in [5.74, 6) is -1.25. The Hall–Kier alpha value is -1.14. The highest BCUT2D eigenvalue weighted by Gasteiger charge is 2.22. The number of carbonyl (C=O) groups is 2. The molecule has 0 rings (SSSR count). The van der Waals surface area contributed by atoms with Crippen molar-refractivity contribution in [1.82, 2.24) is 5.32 Å². The zero-order valence-electron chi connectivity index (χ0n) is 12.8. The topological polar surface area (TPSA) is 102 Å². The van der Waals surface area contributed by atoms with E-state index in [9.17, 15) is 9.59 Å². The fourth-order valence-electron chi connectivity index (χ4n) is 1.89. The van der Waals surface area contributed by atoms with Crippen LogP contribution in [-0.2, 0) is 14.3 Å². The molecule has 0 aromatic carbocycles. The fourth-order valence-corrected chi connectivity index (χ4v) is 1.89. The van der Waals surface area contributed by atoms with Crippen molar-refractivity contribution in [2.45, 2.75) is 64.5 Å². The number of nitrogens with one attached hydrogen (secondary N) is 1. The number of carboxylic acid groups (broad SMARTS) is 1.